The molecule has 0 bridgehead atoms. The van der Waals surface area contributed by atoms with E-state index in [0.717, 1.165) is 43.4 Å². The molecule has 0 aromatic heterocycles. The summed E-state index contributed by atoms with van der Waals surface area (Å²) in [6.07, 6.45) is 0. The summed E-state index contributed by atoms with van der Waals surface area (Å²) in [7, 11) is 1.83. The summed E-state index contributed by atoms with van der Waals surface area (Å²) in [6, 6.07) is 7.77. The number of ether oxygens (including phenoxy) is 1. The zero-order chi connectivity index (χ0) is 15.7. The summed E-state index contributed by atoms with van der Waals surface area (Å²) in [6.45, 7) is 7.75. The molecule has 1 heterocycles. The molecule has 1 aromatic rings. The van der Waals surface area contributed by atoms with E-state index >= 15 is 0 Å². The van der Waals surface area contributed by atoms with E-state index in [9.17, 15) is 4.79 Å². The average molecular weight is 313 g/mol. The first-order chi connectivity index (χ1) is 10.0. The van der Waals surface area contributed by atoms with Crippen molar-refractivity contribution in [3.63, 3.8) is 0 Å². The van der Waals surface area contributed by atoms with Gasteiger partial charge < -0.3 is 15.0 Å². The van der Waals surface area contributed by atoms with Crippen LogP contribution in [-0.2, 0) is 9.53 Å². The maximum Gasteiger partial charge on any atom is 0.219 e. The second-order valence-electron chi connectivity index (χ2n) is 5.29. The summed E-state index contributed by atoms with van der Waals surface area (Å²) >= 11 is 5.71. The van der Waals surface area contributed by atoms with Gasteiger partial charge in [0.25, 0.3) is 0 Å². The topological polar surface area (TPSA) is 41.6 Å². The number of aryl methyl sites for hydroxylation is 1. The molecular formula is C16H25ClN2O2. The lowest BCUT2D eigenvalue weighted by atomic mass is 10.1. The van der Waals surface area contributed by atoms with Crippen LogP contribution < -0.4 is 5.32 Å². The number of nitrogens with zero attached hydrogens (tertiary/aromatic N) is 1. The largest absolute Gasteiger partial charge is 0.380 e. The minimum absolute atomic E-state index is 0.115. The normalized spacial score (nSPS) is 18.2. The quantitative estimate of drug-likeness (QED) is 0.911. The third kappa shape index (κ3) is 7.46. The average Bonchev–Trinajstić information content (AvgIpc) is 2.71. The molecule has 1 fully saturated rings. The smallest absolute Gasteiger partial charge is 0.219 e. The molecule has 118 valence electrons. The summed E-state index contributed by atoms with van der Waals surface area (Å²) in [5.41, 5.74) is 1.13. The standard InChI is InChI=1S/C9H18N2O2.C7H7Cl/c1-8(12)11(2)6-9-5-10-3-4-13-7-9;1-6-4-2-3-5-7(6)8/h9-10H,3-7H2,1-2H3;2-5H,1H3. The van der Waals surface area contributed by atoms with E-state index in [1.54, 1.807) is 11.8 Å². The van der Waals surface area contributed by atoms with Gasteiger partial charge in [-0.2, -0.15) is 0 Å². The molecule has 0 spiro atoms. The van der Waals surface area contributed by atoms with Crippen LogP contribution in [0.4, 0.5) is 0 Å². The number of carbonyl (C=O) groups is 1. The molecule has 1 aliphatic heterocycles. The number of rotatable bonds is 2. The fourth-order valence-electron chi connectivity index (χ4n) is 1.94. The van der Waals surface area contributed by atoms with E-state index < -0.39 is 0 Å². The highest BCUT2D eigenvalue weighted by atomic mass is 35.5. The maximum atomic E-state index is 11.0. The van der Waals surface area contributed by atoms with Gasteiger partial charge in [0.2, 0.25) is 5.91 Å². The number of nitrogens with one attached hydrogen (secondary N) is 1. The molecule has 0 radical (unpaired) electrons. The Kier molecular flexibility index (Phi) is 8.35. The lowest BCUT2D eigenvalue weighted by Crippen LogP contribution is -2.35. The van der Waals surface area contributed by atoms with E-state index in [1.165, 1.54) is 0 Å². The van der Waals surface area contributed by atoms with Gasteiger partial charge in [0.15, 0.2) is 0 Å². The summed E-state index contributed by atoms with van der Waals surface area (Å²) in [4.78, 5) is 12.7. The molecule has 5 heteroatoms. The van der Waals surface area contributed by atoms with Gasteiger partial charge in [0.05, 0.1) is 13.2 Å². The minimum Gasteiger partial charge on any atom is -0.380 e. The van der Waals surface area contributed by atoms with Crippen molar-refractivity contribution in [1.82, 2.24) is 10.2 Å². The first kappa shape index (κ1) is 18.0. The SMILES string of the molecule is CC(=O)N(C)CC1CNCCOC1.Cc1ccccc1Cl. The fourth-order valence-corrected chi connectivity index (χ4v) is 2.08. The number of amides is 1. The van der Waals surface area contributed by atoms with Gasteiger partial charge in [-0.05, 0) is 18.6 Å². The Morgan fingerprint density at radius 2 is 2.19 bits per heavy atom. The lowest BCUT2D eigenvalue weighted by molar-refractivity contribution is -0.128. The Hall–Kier alpha value is -1.10. The van der Waals surface area contributed by atoms with Crippen molar-refractivity contribution in [1.29, 1.82) is 0 Å². The van der Waals surface area contributed by atoms with Crippen LogP contribution in [0, 0.1) is 12.8 Å². The molecular weight excluding hydrogens is 288 g/mol. The second kappa shape index (κ2) is 9.77. The highest BCUT2D eigenvalue weighted by Gasteiger charge is 2.15. The van der Waals surface area contributed by atoms with E-state index in [1.807, 2.05) is 38.2 Å². The maximum absolute atomic E-state index is 11.0. The Morgan fingerprint density at radius 1 is 1.48 bits per heavy atom. The third-order valence-corrected chi connectivity index (χ3v) is 3.78. The minimum atomic E-state index is 0.115. The first-order valence-electron chi connectivity index (χ1n) is 7.22. The van der Waals surface area contributed by atoms with Crippen LogP contribution in [0.15, 0.2) is 24.3 Å². The number of benzene rings is 1. The van der Waals surface area contributed by atoms with Gasteiger partial charge in [-0.25, -0.2) is 0 Å². The summed E-state index contributed by atoms with van der Waals surface area (Å²) in [5, 5.41) is 4.12. The molecule has 0 saturated carbocycles. The van der Waals surface area contributed by atoms with Gasteiger partial charge in [-0.15, -0.1) is 0 Å². The van der Waals surface area contributed by atoms with Crippen molar-refractivity contribution >= 4 is 17.5 Å². The molecule has 1 aliphatic rings. The van der Waals surface area contributed by atoms with E-state index in [2.05, 4.69) is 5.32 Å². The molecule has 2 rings (SSSR count). The van der Waals surface area contributed by atoms with Crippen molar-refractivity contribution in [2.45, 2.75) is 13.8 Å². The van der Waals surface area contributed by atoms with Crippen molar-refractivity contribution in [2.75, 3.05) is 39.9 Å². The van der Waals surface area contributed by atoms with Gasteiger partial charge in [0, 0.05) is 44.5 Å². The van der Waals surface area contributed by atoms with Crippen LogP contribution >= 0.6 is 11.6 Å². The predicted octanol–water partition coefficient (Wildman–Crippen LogP) is 2.35. The number of halogens is 1. The summed E-state index contributed by atoms with van der Waals surface area (Å²) < 4.78 is 5.39. The number of carbonyl (C=O) groups excluding carboxylic acids is 1. The molecule has 1 aromatic carbocycles. The number of hydrogen-bond acceptors (Lipinski definition) is 3. The number of hydrogen-bond donors (Lipinski definition) is 1. The van der Waals surface area contributed by atoms with Gasteiger partial charge in [-0.3, -0.25) is 4.79 Å². The highest BCUT2D eigenvalue weighted by molar-refractivity contribution is 6.31. The van der Waals surface area contributed by atoms with Crippen molar-refractivity contribution < 1.29 is 9.53 Å². The molecule has 1 N–H and O–H groups in total. The Bertz CT molecular complexity index is 411. The van der Waals surface area contributed by atoms with E-state index in [0.29, 0.717) is 5.92 Å². The summed E-state index contributed by atoms with van der Waals surface area (Å²) in [5.74, 6) is 0.542. The Labute approximate surface area is 132 Å². The molecule has 4 nitrogen and oxygen atoms in total. The van der Waals surface area contributed by atoms with Gasteiger partial charge in [-0.1, -0.05) is 29.8 Å². The van der Waals surface area contributed by atoms with Gasteiger partial charge in [0.1, 0.15) is 0 Å². The van der Waals surface area contributed by atoms with Crippen LogP contribution in [0.5, 0.6) is 0 Å². The van der Waals surface area contributed by atoms with E-state index in [-0.39, 0.29) is 5.91 Å². The Balaban J connectivity index is 0.000000235. The third-order valence-electron chi connectivity index (χ3n) is 3.36. The van der Waals surface area contributed by atoms with Crippen molar-refractivity contribution in [3.05, 3.63) is 34.9 Å². The van der Waals surface area contributed by atoms with Gasteiger partial charge >= 0.3 is 0 Å². The molecule has 1 unspecified atom stereocenters. The Morgan fingerprint density at radius 3 is 2.76 bits per heavy atom. The second-order valence-corrected chi connectivity index (χ2v) is 5.70. The highest BCUT2D eigenvalue weighted by Crippen LogP contribution is 2.11. The molecule has 1 saturated heterocycles. The first-order valence-corrected chi connectivity index (χ1v) is 7.59. The molecule has 1 amide bonds. The van der Waals surface area contributed by atoms with E-state index in [4.69, 9.17) is 16.3 Å². The van der Waals surface area contributed by atoms with Crippen molar-refractivity contribution in [3.8, 4) is 0 Å². The van der Waals surface area contributed by atoms with Crippen LogP contribution in [0.2, 0.25) is 5.02 Å². The van der Waals surface area contributed by atoms with Crippen LogP contribution in [0.3, 0.4) is 0 Å². The van der Waals surface area contributed by atoms with Crippen LogP contribution in [-0.4, -0.2) is 50.7 Å². The molecule has 21 heavy (non-hydrogen) atoms. The zero-order valence-electron chi connectivity index (χ0n) is 13.1. The van der Waals surface area contributed by atoms with Crippen LogP contribution in [0.25, 0.3) is 0 Å². The lowest BCUT2D eigenvalue weighted by Gasteiger charge is -2.21. The fraction of sp³-hybridized carbons (Fsp3) is 0.562. The monoisotopic (exact) mass is 312 g/mol. The predicted molar refractivity (Wildman–Crippen MR) is 86.7 cm³/mol. The van der Waals surface area contributed by atoms with Crippen LogP contribution in [0.1, 0.15) is 12.5 Å². The molecule has 1 atom stereocenters. The zero-order valence-corrected chi connectivity index (χ0v) is 13.8. The molecule has 0 aliphatic carbocycles. The van der Waals surface area contributed by atoms with Crippen molar-refractivity contribution in [2.24, 2.45) is 5.92 Å².